The zero-order chi connectivity index (χ0) is 10.8. The number of ether oxygens (including phenoxy) is 1. The minimum atomic E-state index is 0.0762. The molecule has 3 heteroatoms. The lowest BCUT2D eigenvalue weighted by molar-refractivity contribution is -0.129. The molecule has 0 N–H and O–H groups in total. The molecule has 15 heavy (non-hydrogen) atoms. The van der Waals surface area contributed by atoms with Crippen LogP contribution >= 0.6 is 0 Å². The van der Waals surface area contributed by atoms with Crippen molar-refractivity contribution >= 4 is 5.78 Å². The van der Waals surface area contributed by atoms with Gasteiger partial charge in [0.15, 0.2) is 0 Å². The molecule has 1 saturated carbocycles. The first-order valence-corrected chi connectivity index (χ1v) is 5.34. The number of rotatable bonds is 3. The maximum absolute atomic E-state index is 10.8. The van der Waals surface area contributed by atoms with Crippen LogP contribution in [0.15, 0.2) is 12.1 Å². The fourth-order valence-corrected chi connectivity index (χ4v) is 1.67. The number of carbonyl (C=O) groups excluding carboxylic acids is 1. The Morgan fingerprint density at radius 2 is 2.20 bits per heavy atom. The molecular formula is C12H15NO2. The summed E-state index contributed by atoms with van der Waals surface area (Å²) in [5, 5.41) is 0. The number of hydrogen-bond donors (Lipinski definition) is 0. The van der Waals surface area contributed by atoms with Crippen molar-refractivity contribution in [3.63, 3.8) is 0 Å². The van der Waals surface area contributed by atoms with Gasteiger partial charge in [0.05, 0.1) is 5.69 Å². The molecule has 1 aliphatic carbocycles. The summed E-state index contributed by atoms with van der Waals surface area (Å²) < 4.78 is 5.71. The summed E-state index contributed by atoms with van der Waals surface area (Å²) in [6, 6.07) is 3.89. The topological polar surface area (TPSA) is 39.2 Å². The number of pyridine rings is 1. The highest BCUT2D eigenvalue weighted by Crippen LogP contribution is 2.25. The zero-order valence-electron chi connectivity index (χ0n) is 9.12. The average Bonchev–Trinajstić information content (AvgIpc) is 2.18. The molecule has 1 aliphatic rings. The van der Waals surface area contributed by atoms with Crippen LogP contribution in [0.2, 0.25) is 0 Å². The van der Waals surface area contributed by atoms with Crippen LogP contribution in [0.1, 0.15) is 31.2 Å². The normalized spacial score (nSPS) is 16.3. The summed E-state index contributed by atoms with van der Waals surface area (Å²) in [6.45, 7) is 4.02. The third-order valence-corrected chi connectivity index (χ3v) is 2.61. The van der Waals surface area contributed by atoms with Crippen LogP contribution in [0.4, 0.5) is 0 Å². The monoisotopic (exact) mass is 205 g/mol. The third-order valence-electron chi connectivity index (χ3n) is 2.61. The SMILES string of the molecule is CCc1nc(C)ccc1OC1CC(=O)C1. The average molecular weight is 205 g/mol. The molecule has 1 heterocycles. The van der Waals surface area contributed by atoms with E-state index in [1.807, 2.05) is 19.1 Å². The largest absolute Gasteiger partial charge is 0.488 e. The van der Waals surface area contributed by atoms with Gasteiger partial charge in [-0.15, -0.1) is 0 Å². The van der Waals surface area contributed by atoms with Crippen LogP contribution in [-0.4, -0.2) is 16.9 Å². The molecule has 0 aliphatic heterocycles. The van der Waals surface area contributed by atoms with Gasteiger partial charge in [-0.25, -0.2) is 0 Å². The zero-order valence-corrected chi connectivity index (χ0v) is 9.12. The lowest BCUT2D eigenvalue weighted by atomic mass is 9.94. The second-order valence-electron chi connectivity index (χ2n) is 3.94. The van der Waals surface area contributed by atoms with E-state index in [1.54, 1.807) is 0 Å². The van der Waals surface area contributed by atoms with Gasteiger partial charge in [0, 0.05) is 18.5 Å². The van der Waals surface area contributed by atoms with Gasteiger partial charge in [0.2, 0.25) is 0 Å². The van der Waals surface area contributed by atoms with Crippen molar-refractivity contribution in [3.05, 3.63) is 23.5 Å². The van der Waals surface area contributed by atoms with Gasteiger partial charge in [-0.3, -0.25) is 9.78 Å². The molecule has 3 nitrogen and oxygen atoms in total. The molecule has 0 bridgehead atoms. The van der Waals surface area contributed by atoms with E-state index in [2.05, 4.69) is 11.9 Å². The predicted molar refractivity (Wildman–Crippen MR) is 57.0 cm³/mol. The minimum Gasteiger partial charge on any atom is -0.488 e. The van der Waals surface area contributed by atoms with Crippen molar-refractivity contribution in [3.8, 4) is 5.75 Å². The smallest absolute Gasteiger partial charge is 0.141 e. The van der Waals surface area contributed by atoms with Crippen molar-refractivity contribution in [2.24, 2.45) is 0 Å². The van der Waals surface area contributed by atoms with Crippen LogP contribution in [0.5, 0.6) is 5.75 Å². The maximum Gasteiger partial charge on any atom is 0.141 e. The van der Waals surface area contributed by atoms with Crippen LogP contribution in [0.25, 0.3) is 0 Å². The van der Waals surface area contributed by atoms with Crippen molar-refractivity contribution in [1.82, 2.24) is 4.98 Å². The summed E-state index contributed by atoms with van der Waals surface area (Å²) in [5.41, 5.74) is 1.98. The first-order chi connectivity index (χ1) is 7.19. The van der Waals surface area contributed by atoms with Crippen molar-refractivity contribution in [1.29, 1.82) is 0 Å². The van der Waals surface area contributed by atoms with Gasteiger partial charge >= 0.3 is 0 Å². The number of carbonyl (C=O) groups is 1. The summed E-state index contributed by atoms with van der Waals surface area (Å²) in [4.78, 5) is 15.2. The molecule has 1 aromatic heterocycles. The summed E-state index contributed by atoms with van der Waals surface area (Å²) in [6.07, 6.45) is 2.04. The van der Waals surface area contributed by atoms with Crippen molar-refractivity contribution < 1.29 is 9.53 Å². The van der Waals surface area contributed by atoms with Gasteiger partial charge in [-0.05, 0) is 25.5 Å². The van der Waals surface area contributed by atoms with Gasteiger partial charge in [-0.1, -0.05) is 6.92 Å². The molecule has 0 atom stereocenters. The second-order valence-corrected chi connectivity index (χ2v) is 3.94. The highest BCUT2D eigenvalue weighted by atomic mass is 16.5. The molecule has 0 spiro atoms. The molecule has 0 amide bonds. The first-order valence-electron chi connectivity index (χ1n) is 5.34. The Balaban J connectivity index is 2.10. The quantitative estimate of drug-likeness (QED) is 0.758. The lowest BCUT2D eigenvalue weighted by Gasteiger charge is -2.26. The van der Waals surface area contributed by atoms with E-state index in [0.29, 0.717) is 12.8 Å². The Morgan fingerprint density at radius 3 is 2.80 bits per heavy atom. The highest BCUT2D eigenvalue weighted by Gasteiger charge is 2.28. The van der Waals surface area contributed by atoms with Gasteiger partial charge < -0.3 is 4.74 Å². The summed E-state index contributed by atoms with van der Waals surface area (Å²) >= 11 is 0. The summed E-state index contributed by atoms with van der Waals surface area (Å²) in [7, 11) is 0. The Labute approximate surface area is 89.5 Å². The maximum atomic E-state index is 10.8. The van der Waals surface area contributed by atoms with Crippen LogP contribution in [-0.2, 0) is 11.2 Å². The second kappa shape index (κ2) is 4.01. The minimum absolute atomic E-state index is 0.0762. The number of aryl methyl sites for hydroxylation is 2. The van der Waals surface area contributed by atoms with E-state index >= 15 is 0 Å². The van der Waals surface area contributed by atoms with Gasteiger partial charge in [-0.2, -0.15) is 0 Å². The van der Waals surface area contributed by atoms with E-state index in [1.165, 1.54) is 0 Å². The Bertz CT molecular complexity index is 379. The van der Waals surface area contributed by atoms with E-state index in [4.69, 9.17) is 4.74 Å². The van der Waals surface area contributed by atoms with Crippen LogP contribution < -0.4 is 4.74 Å². The number of ketones is 1. The molecule has 0 saturated heterocycles. The van der Waals surface area contributed by atoms with E-state index < -0.39 is 0 Å². The molecule has 0 unspecified atom stereocenters. The number of nitrogens with zero attached hydrogens (tertiary/aromatic N) is 1. The Kier molecular flexibility index (Phi) is 2.71. The molecule has 0 aromatic carbocycles. The summed E-state index contributed by atoms with van der Waals surface area (Å²) in [5.74, 6) is 1.12. The van der Waals surface area contributed by atoms with Crippen LogP contribution in [0.3, 0.4) is 0 Å². The molecule has 0 radical (unpaired) electrons. The molecule has 2 rings (SSSR count). The third kappa shape index (κ3) is 2.17. The molecule has 1 fully saturated rings. The standard InChI is InChI=1S/C12H15NO2/c1-3-11-12(5-4-8(2)13-11)15-10-6-9(14)7-10/h4-5,10H,3,6-7H2,1-2H3. The Hall–Kier alpha value is -1.38. The highest BCUT2D eigenvalue weighted by molar-refractivity contribution is 5.85. The first kappa shape index (κ1) is 10.1. The fourth-order valence-electron chi connectivity index (χ4n) is 1.67. The number of hydrogen-bond acceptors (Lipinski definition) is 3. The van der Waals surface area contributed by atoms with Gasteiger partial charge in [0.1, 0.15) is 17.6 Å². The molecular weight excluding hydrogens is 190 g/mol. The van der Waals surface area contributed by atoms with Crippen molar-refractivity contribution in [2.45, 2.75) is 39.2 Å². The van der Waals surface area contributed by atoms with E-state index in [0.717, 1.165) is 23.6 Å². The lowest BCUT2D eigenvalue weighted by Crippen LogP contribution is -2.34. The predicted octanol–water partition coefficient (Wildman–Crippen LogP) is 2.06. The van der Waals surface area contributed by atoms with Crippen LogP contribution in [0, 0.1) is 6.92 Å². The number of aromatic nitrogens is 1. The Morgan fingerprint density at radius 1 is 1.47 bits per heavy atom. The fraction of sp³-hybridized carbons (Fsp3) is 0.500. The molecule has 80 valence electrons. The van der Waals surface area contributed by atoms with Crippen molar-refractivity contribution in [2.75, 3.05) is 0 Å². The molecule has 1 aromatic rings. The van der Waals surface area contributed by atoms with Gasteiger partial charge in [0.25, 0.3) is 0 Å². The van der Waals surface area contributed by atoms with E-state index in [-0.39, 0.29) is 11.9 Å². The van der Waals surface area contributed by atoms with E-state index in [9.17, 15) is 4.79 Å². The number of Topliss-reactive ketones (excluding diaryl/α,β-unsaturated/α-hetero) is 1.